The van der Waals surface area contributed by atoms with Crippen LogP contribution in [0.15, 0.2) is 46.3 Å². The first-order chi connectivity index (χ1) is 18.7. The van der Waals surface area contributed by atoms with Crippen LogP contribution < -0.4 is 5.32 Å². The minimum Gasteiger partial charge on any atom is -0.443 e. The van der Waals surface area contributed by atoms with Crippen LogP contribution in [0.25, 0.3) is 0 Å². The van der Waals surface area contributed by atoms with Gasteiger partial charge in [0, 0.05) is 30.6 Å². The van der Waals surface area contributed by atoms with Crippen molar-refractivity contribution in [1.29, 1.82) is 0 Å². The minimum atomic E-state index is -3.65. The van der Waals surface area contributed by atoms with Crippen LogP contribution in [-0.2, 0) is 25.9 Å². The molecule has 40 heavy (non-hydrogen) atoms. The Kier molecular flexibility index (Phi) is 10.6. The lowest BCUT2D eigenvalue weighted by atomic mass is 10.1. The molecule has 0 unspecified atom stereocenters. The summed E-state index contributed by atoms with van der Waals surface area (Å²) in [7, 11) is -1.92. The number of hydrogen-bond donors (Lipinski definition) is 1. The van der Waals surface area contributed by atoms with E-state index < -0.39 is 21.5 Å². The molecule has 0 saturated carbocycles. The molecule has 0 atom stereocenters. The molecule has 0 aliphatic carbocycles. The van der Waals surface area contributed by atoms with Crippen LogP contribution in [0.1, 0.15) is 50.3 Å². The fourth-order valence-electron chi connectivity index (χ4n) is 4.03. The van der Waals surface area contributed by atoms with Gasteiger partial charge in [0.15, 0.2) is 9.84 Å². The first-order valence-corrected chi connectivity index (χ1v) is 15.4. The second kappa shape index (κ2) is 13.3. The summed E-state index contributed by atoms with van der Waals surface area (Å²) in [5.74, 6) is 0.232. The topological polar surface area (TPSA) is 108 Å². The third-order valence-electron chi connectivity index (χ3n) is 6.17. The molecule has 2 aromatic carbocycles. The van der Waals surface area contributed by atoms with Crippen LogP contribution in [0.3, 0.4) is 0 Å². The summed E-state index contributed by atoms with van der Waals surface area (Å²) >= 11 is 12.2. The standard InChI is InChI=1S/C28H36Cl2N4O5S/c1-19-22(29)12-13-23(25(19)30)40(37,38)18-31-14-6-7-24(35)33(5)17-20-8-10-21(11-9-20)26-32-15-16-34(26)27(36)39-28(2,3)4/h8-13,31H,6-7,14-18H2,1-5H3. The molecule has 9 nitrogen and oxygen atoms in total. The molecule has 218 valence electrons. The maximum atomic E-state index is 12.6. The maximum absolute atomic E-state index is 12.6. The van der Waals surface area contributed by atoms with Gasteiger partial charge >= 0.3 is 6.09 Å². The summed E-state index contributed by atoms with van der Waals surface area (Å²) in [4.78, 5) is 32.8. The molecule has 0 aromatic heterocycles. The summed E-state index contributed by atoms with van der Waals surface area (Å²) in [5.41, 5.74) is 1.66. The third kappa shape index (κ3) is 8.42. The van der Waals surface area contributed by atoms with E-state index in [2.05, 4.69) is 10.3 Å². The van der Waals surface area contributed by atoms with Gasteiger partial charge in [-0.3, -0.25) is 14.7 Å². The summed E-state index contributed by atoms with van der Waals surface area (Å²) in [6, 6.07) is 10.5. The van der Waals surface area contributed by atoms with Crippen LogP contribution in [-0.4, -0.2) is 74.2 Å². The van der Waals surface area contributed by atoms with E-state index in [-0.39, 0.29) is 28.1 Å². The van der Waals surface area contributed by atoms with Gasteiger partial charge in [-0.1, -0.05) is 47.5 Å². The number of amidine groups is 1. The normalized spacial score (nSPS) is 13.8. The number of carbonyl (C=O) groups is 2. The first-order valence-electron chi connectivity index (χ1n) is 13.0. The smallest absolute Gasteiger partial charge is 0.416 e. The fourth-order valence-corrected chi connectivity index (χ4v) is 6.02. The number of nitrogens with zero attached hydrogens (tertiary/aromatic N) is 3. The molecule has 12 heteroatoms. The zero-order valence-electron chi connectivity index (χ0n) is 23.5. The largest absolute Gasteiger partial charge is 0.443 e. The number of amides is 2. The van der Waals surface area contributed by atoms with Crippen molar-refractivity contribution in [1.82, 2.24) is 15.1 Å². The van der Waals surface area contributed by atoms with Crippen molar-refractivity contribution in [2.24, 2.45) is 4.99 Å². The van der Waals surface area contributed by atoms with E-state index in [9.17, 15) is 18.0 Å². The van der Waals surface area contributed by atoms with E-state index in [1.807, 2.05) is 45.0 Å². The van der Waals surface area contributed by atoms with Crippen molar-refractivity contribution >= 4 is 50.9 Å². The summed E-state index contributed by atoms with van der Waals surface area (Å²) < 4.78 is 30.8. The van der Waals surface area contributed by atoms with Gasteiger partial charge in [0.1, 0.15) is 17.3 Å². The predicted molar refractivity (Wildman–Crippen MR) is 158 cm³/mol. The lowest BCUT2D eigenvalue weighted by Crippen LogP contribution is -2.39. The molecule has 1 aliphatic rings. The highest BCUT2D eigenvalue weighted by Crippen LogP contribution is 2.30. The first kappa shape index (κ1) is 31.9. The van der Waals surface area contributed by atoms with Crippen molar-refractivity contribution in [3.63, 3.8) is 0 Å². The Morgan fingerprint density at radius 1 is 1.12 bits per heavy atom. The zero-order valence-corrected chi connectivity index (χ0v) is 25.8. The minimum absolute atomic E-state index is 0.0305. The Labute approximate surface area is 246 Å². The highest BCUT2D eigenvalue weighted by atomic mass is 35.5. The average molecular weight is 612 g/mol. The van der Waals surface area contributed by atoms with Crippen molar-refractivity contribution in [3.05, 3.63) is 63.1 Å². The number of halogens is 2. The van der Waals surface area contributed by atoms with Gasteiger partial charge in [-0.2, -0.15) is 0 Å². The van der Waals surface area contributed by atoms with Gasteiger partial charge < -0.3 is 15.0 Å². The van der Waals surface area contributed by atoms with Crippen molar-refractivity contribution in [2.75, 3.05) is 32.6 Å². The molecular formula is C28H36Cl2N4O5S. The Morgan fingerprint density at radius 2 is 1.80 bits per heavy atom. The Bertz CT molecular complexity index is 1370. The Balaban J connectivity index is 1.45. The van der Waals surface area contributed by atoms with E-state index in [1.54, 1.807) is 23.8 Å². The van der Waals surface area contributed by atoms with E-state index in [4.69, 9.17) is 27.9 Å². The molecule has 0 fully saturated rings. The number of ether oxygens (including phenoxy) is 1. The van der Waals surface area contributed by atoms with Gasteiger partial charge in [-0.15, -0.1) is 0 Å². The molecule has 2 aromatic rings. The van der Waals surface area contributed by atoms with Gasteiger partial charge in [0.25, 0.3) is 0 Å². The van der Waals surface area contributed by atoms with Gasteiger partial charge in [-0.05, 0) is 63.9 Å². The summed E-state index contributed by atoms with van der Waals surface area (Å²) in [6.07, 6.45) is 0.323. The lowest BCUT2D eigenvalue weighted by molar-refractivity contribution is -0.130. The van der Waals surface area contributed by atoms with Crippen molar-refractivity contribution in [2.45, 2.75) is 57.6 Å². The predicted octanol–water partition coefficient (Wildman–Crippen LogP) is 5.06. The van der Waals surface area contributed by atoms with Crippen LogP contribution in [0.2, 0.25) is 10.0 Å². The quantitative estimate of drug-likeness (QED) is 0.377. The second-order valence-electron chi connectivity index (χ2n) is 10.6. The molecule has 3 rings (SSSR count). The number of carbonyl (C=O) groups excluding carboxylic acids is 2. The monoisotopic (exact) mass is 610 g/mol. The molecular weight excluding hydrogens is 575 g/mol. The third-order valence-corrected chi connectivity index (χ3v) is 8.77. The van der Waals surface area contributed by atoms with Gasteiger partial charge in [-0.25, -0.2) is 13.2 Å². The molecule has 0 spiro atoms. The lowest BCUT2D eigenvalue weighted by Gasteiger charge is -2.25. The molecule has 1 aliphatic heterocycles. The molecule has 0 radical (unpaired) electrons. The van der Waals surface area contributed by atoms with Gasteiger partial charge in [0.2, 0.25) is 5.91 Å². The van der Waals surface area contributed by atoms with Crippen molar-refractivity contribution in [3.8, 4) is 0 Å². The number of aliphatic imine (C=N–C) groups is 1. The molecule has 1 heterocycles. The summed E-state index contributed by atoms with van der Waals surface area (Å²) in [5, 5.41) is 3.41. The summed E-state index contributed by atoms with van der Waals surface area (Å²) in [6.45, 7) is 8.90. The number of hydrogen-bond acceptors (Lipinski definition) is 7. The highest BCUT2D eigenvalue weighted by molar-refractivity contribution is 7.91. The van der Waals surface area contributed by atoms with Crippen LogP contribution in [0, 0.1) is 6.92 Å². The molecule has 0 bridgehead atoms. The maximum Gasteiger partial charge on any atom is 0.416 e. The molecule has 0 saturated heterocycles. The van der Waals surface area contributed by atoms with E-state index >= 15 is 0 Å². The number of rotatable bonds is 10. The molecule has 1 N–H and O–H groups in total. The van der Waals surface area contributed by atoms with Crippen LogP contribution in [0.4, 0.5) is 4.79 Å². The number of sulfone groups is 1. The van der Waals surface area contributed by atoms with E-state index in [1.165, 1.54) is 12.1 Å². The van der Waals surface area contributed by atoms with Crippen LogP contribution in [0.5, 0.6) is 0 Å². The van der Waals surface area contributed by atoms with Crippen LogP contribution >= 0.6 is 23.2 Å². The number of nitrogens with one attached hydrogen (secondary N) is 1. The SMILES string of the molecule is Cc1c(Cl)ccc(S(=O)(=O)CNCCCC(=O)N(C)Cc2ccc(C3=NCCN3C(=O)OC(C)(C)C)cc2)c1Cl. The zero-order chi connectivity index (χ0) is 29.7. The average Bonchev–Trinajstić information content (AvgIpc) is 3.36. The Morgan fingerprint density at radius 3 is 2.45 bits per heavy atom. The highest BCUT2D eigenvalue weighted by Gasteiger charge is 2.29. The Hall–Kier alpha value is -2.66. The molecule has 2 amide bonds. The fraction of sp³-hybridized carbons (Fsp3) is 0.464. The second-order valence-corrected chi connectivity index (χ2v) is 13.4. The van der Waals surface area contributed by atoms with E-state index in [0.29, 0.717) is 49.0 Å². The van der Waals surface area contributed by atoms with Crippen molar-refractivity contribution < 1.29 is 22.7 Å². The van der Waals surface area contributed by atoms with Gasteiger partial charge in [0.05, 0.1) is 23.0 Å². The van der Waals surface area contributed by atoms with E-state index in [0.717, 1.165) is 11.1 Å². The number of benzene rings is 2.